The first-order chi connectivity index (χ1) is 43.8. The summed E-state index contributed by atoms with van der Waals surface area (Å²) >= 11 is 17.3. The molecule has 0 bridgehead atoms. The first kappa shape index (κ1) is 73.2. The highest BCUT2D eigenvalue weighted by molar-refractivity contribution is 6.66. The Morgan fingerprint density at radius 3 is 1.25 bits per heavy atom. The molecule has 7 heterocycles. The Bertz CT molecular complexity index is 4400. The molecule has 0 amide bonds. The van der Waals surface area contributed by atoms with E-state index in [4.69, 9.17) is 78.5 Å². The minimum Gasteiger partial charge on any atom is -0.480 e. The Labute approximate surface area is 543 Å². The van der Waals surface area contributed by atoms with Crippen LogP contribution < -0.4 is 35.2 Å². The topological polar surface area (TPSA) is 372 Å². The van der Waals surface area contributed by atoms with Crippen molar-refractivity contribution in [2.24, 2.45) is 10.9 Å². The minimum atomic E-state index is -1.79. The second-order valence-corrected chi connectivity index (χ2v) is 21.7. The van der Waals surface area contributed by atoms with Crippen LogP contribution in [-0.2, 0) is 18.0 Å². The summed E-state index contributed by atoms with van der Waals surface area (Å²) in [5.74, 6) is 2.70. The van der Waals surface area contributed by atoms with E-state index in [1.165, 1.54) is 28.4 Å². The van der Waals surface area contributed by atoms with E-state index in [0.717, 1.165) is 55.6 Å². The average Bonchev–Trinajstić information content (AvgIpc) is 1.25. The van der Waals surface area contributed by atoms with Crippen molar-refractivity contribution in [2.45, 2.75) is 66.1 Å². The van der Waals surface area contributed by atoms with Crippen LogP contribution in [0.15, 0.2) is 66.4 Å². The molecule has 0 atom stereocenters. The number of amidine groups is 1. The number of aryl methyl sites for hydroxylation is 5. The van der Waals surface area contributed by atoms with Gasteiger partial charge in [-0.2, -0.15) is 9.97 Å². The Balaban J connectivity index is 0.000000213. The fraction of sp³-hybridized carbons (Fsp3) is 0.350. The molecule has 32 heteroatoms. The van der Waals surface area contributed by atoms with Crippen molar-refractivity contribution >= 4 is 84.8 Å². The summed E-state index contributed by atoms with van der Waals surface area (Å²) in [6, 6.07) is 7.72. The number of aromatic amines is 1. The molecule has 0 saturated carbocycles. The maximum atomic E-state index is 11.2. The number of halogens is 3. The lowest BCUT2D eigenvalue weighted by molar-refractivity contribution is 0.277. The Hall–Kier alpha value is -9.52. The molecule has 92 heavy (non-hydrogen) atoms. The third-order valence-electron chi connectivity index (χ3n) is 13.1. The van der Waals surface area contributed by atoms with Gasteiger partial charge in [0, 0.05) is 49.6 Å². The molecular formula is C60H71Cl3N16O13. The minimum absolute atomic E-state index is 0.0160. The fourth-order valence-electron chi connectivity index (χ4n) is 8.41. The van der Waals surface area contributed by atoms with Crippen LogP contribution in [0.3, 0.4) is 0 Å². The maximum Gasteiger partial charge on any atom is 0.439 e. The summed E-state index contributed by atoms with van der Waals surface area (Å²) < 4.78 is 51.3. The van der Waals surface area contributed by atoms with Gasteiger partial charge in [0.05, 0.1) is 98.5 Å². The van der Waals surface area contributed by atoms with Gasteiger partial charge >= 0.3 is 5.76 Å². The quantitative estimate of drug-likeness (QED) is 0.0397. The lowest BCUT2D eigenvalue weighted by atomic mass is 10.0. The molecule has 0 aliphatic heterocycles. The number of nitrogens with two attached hydrogens (primary N) is 1. The van der Waals surface area contributed by atoms with Crippen molar-refractivity contribution in [1.29, 1.82) is 0 Å². The largest absolute Gasteiger partial charge is 0.480 e. The van der Waals surface area contributed by atoms with Crippen LogP contribution in [0.5, 0.6) is 29.4 Å². The van der Waals surface area contributed by atoms with E-state index in [1.807, 2.05) is 79.7 Å². The summed E-state index contributed by atoms with van der Waals surface area (Å²) in [6.45, 7) is 17.4. The van der Waals surface area contributed by atoms with Crippen LogP contribution in [0.1, 0.15) is 61.9 Å². The monoisotopic (exact) mass is 1330 g/mol. The number of rotatable bonds is 9. The summed E-state index contributed by atoms with van der Waals surface area (Å²) in [6.07, 6.45) is 4.69. The van der Waals surface area contributed by atoms with Gasteiger partial charge in [0.1, 0.15) is 22.1 Å². The number of fused-ring (bicyclic) bond motifs is 4. The van der Waals surface area contributed by atoms with E-state index >= 15 is 0 Å². The summed E-state index contributed by atoms with van der Waals surface area (Å²) in [4.78, 5) is 57.2. The zero-order valence-corrected chi connectivity index (χ0v) is 56.6. The molecule has 4 aromatic carbocycles. The van der Waals surface area contributed by atoms with E-state index in [2.05, 4.69) is 94.2 Å². The zero-order valence-electron chi connectivity index (χ0n) is 54.4. The number of aromatic nitrogens is 14. The number of hydrogen-bond acceptors (Lipinski definition) is 27. The molecule has 0 aliphatic carbocycles. The Kier molecular flexibility index (Phi) is 26.7. The number of ether oxygens (including phenoxy) is 8. The van der Waals surface area contributed by atoms with Gasteiger partial charge in [0.15, 0.2) is 11.7 Å². The SMILES string of the molecule is COC.COC.COC.COc1cnc2cc(C)c(C)c(-c3noc(=O)[nH]3)c2n1.COc1cnc2cc(C)c(C)c(-c3noc(C(Cl)(Cl)Cl)n3)c2n1.COc1cnc2cc(C)c(C)c(-c3noc(C)n3)c2n1.COc1nc2cc(C)c(C)c(/C(N)=N/O)c2nc1OC. The Morgan fingerprint density at radius 2 is 0.880 bits per heavy atom. The van der Waals surface area contributed by atoms with Crippen LogP contribution in [0, 0.1) is 62.3 Å². The highest BCUT2D eigenvalue weighted by Gasteiger charge is 2.32. The number of hydrogen-bond donors (Lipinski definition) is 3. The normalized spacial score (nSPS) is 10.9. The van der Waals surface area contributed by atoms with Crippen LogP contribution in [0.2, 0.25) is 0 Å². The van der Waals surface area contributed by atoms with Gasteiger partial charge in [-0.05, 0) is 124 Å². The van der Waals surface area contributed by atoms with E-state index in [9.17, 15) is 4.79 Å². The van der Waals surface area contributed by atoms with Gasteiger partial charge in [0.25, 0.3) is 21.4 Å². The molecule has 11 aromatic rings. The summed E-state index contributed by atoms with van der Waals surface area (Å²) in [7, 11) is 17.3. The molecule has 4 N–H and O–H groups in total. The predicted octanol–water partition coefficient (Wildman–Crippen LogP) is 10.5. The van der Waals surface area contributed by atoms with Crippen LogP contribution in [0.25, 0.3) is 78.3 Å². The van der Waals surface area contributed by atoms with Crippen molar-refractivity contribution in [3.63, 3.8) is 0 Å². The molecule has 0 fully saturated rings. The highest BCUT2D eigenvalue weighted by atomic mass is 35.6. The lowest BCUT2D eigenvalue weighted by Gasteiger charge is -2.13. The van der Waals surface area contributed by atoms with Gasteiger partial charge in [-0.15, -0.1) is 0 Å². The van der Waals surface area contributed by atoms with Crippen molar-refractivity contribution in [2.75, 3.05) is 78.2 Å². The van der Waals surface area contributed by atoms with Crippen molar-refractivity contribution in [3.05, 3.63) is 115 Å². The predicted molar refractivity (Wildman–Crippen MR) is 347 cm³/mol. The third-order valence-corrected chi connectivity index (χ3v) is 13.6. The molecule has 29 nitrogen and oxygen atoms in total. The second-order valence-electron chi connectivity index (χ2n) is 19.4. The number of methoxy groups -OCH3 is 8. The van der Waals surface area contributed by atoms with Crippen LogP contribution in [-0.4, -0.2) is 160 Å². The van der Waals surface area contributed by atoms with Crippen molar-refractivity contribution < 1.29 is 56.7 Å². The molecule has 0 spiro atoms. The lowest BCUT2D eigenvalue weighted by Crippen LogP contribution is -2.17. The number of nitrogens with one attached hydrogen (secondary N) is 1. The number of oxime groups is 1. The van der Waals surface area contributed by atoms with E-state index in [0.29, 0.717) is 90.5 Å². The zero-order chi connectivity index (χ0) is 68.3. The van der Waals surface area contributed by atoms with Crippen molar-refractivity contribution in [1.82, 2.24) is 70.3 Å². The first-order valence-electron chi connectivity index (χ1n) is 27.1. The van der Waals surface area contributed by atoms with Crippen molar-refractivity contribution in [3.8, 4) is 63.6 Å². The maximum absolute atomic E-state index is 11.2. The standard InChI is InChI=1S/C14H11Cl3N4O2.C14H14N4O2.C13H12N4O3.C13H16N4O3.3C2H6O/c1-6-4-8-11(19-9(22-3)5-18-8)10(7(6)2)12-20-13(23-21-12)14(15,16)17;1-7-5-10-13(17-11(19-4)6-15-10)12(8(7)2)14-16-9(3)20-18-14;1-6-4-8-11(15-9(19-3)5-14-8)10(7(6)2)12-16-13(18)20-17-12;1-6-5-8-10(9(7(6)2)11(14)17-18)16-13(20-4)12(15-8)19-3;3*1-3-2/h4-5H,1-3H3;5-6H,1-4H3;4-5H,1-3H3,(H,16,17,18);5,18H,1-4H3,(H2,14,17);3*1-2H3. The smallest absolute Gasteiger partial charge is 0.439 e. The molecule has 0 saturated heterocycles. The van der Waals surface area contributed by atoms with Crippen LogP contribution >= 0.6 is 34.8 Å². The van der Waals surface area contributed by atoms with Gasteiger partial charge in [-0.25, -0.2) is 44.7 Å². The first-order valence-corrected chi connectivity index (χ1v) is 28.2. The van der Waals surface area contributed by atoms with E-state index < -0.39 is 9.55 Å². The average molecular weight is 1330 g/mol. The molecule has 0 radical (unpaired) electrons. The molecular weight excluding hydrogens is 1260 g/mol. The molecule has 11 rings (SSSR count). The number of alkyl halides is 3. The number of benzene rings is 4. The highest BCUT2D eigenvalue weighted by Crippen LogP contribution is 2.40. The van der Waals surface area contributed by atoms with Gasteiger partial charge in [-0.1, -0.05) is 55.4 Å². The van der Waals surface area contributed by atoms with Gasteiger partial charge in [-0.3, -0.25) is 9.51 Å². The molecule has 0 aliphatic rings. The Morgan fingerprint density at radius 1 is 0.489 bits per heavy atom. The molecule has 0 unspecified atom stereocenters. The number of nitrogens with zero attached hydrogens (tertiary/aromatic N) is 14. The summed E-state index contributed by atoms with van der Waals surface area (Å²) in [5, 5.41) is 23.7. The third kappa shape index (κ3) is 17.5. The van der Waals surface area contributed by atoms with Gasteiger partial charge in [0.2, 0.25) is 35.2 Å². The second kappa shape index (κ2) is 33.5. The summed E-state index contributed by atoms with van der Waals surface area (Å²) in [5.41, 5.74) is 21.6. The molecule has 7 aromatic heterocycles. The fourth-order valence-corrected chi connectivity index (χ4v) is 8.64. The van der Waals surface area contributed by atoms with Gasteiger partial charge < -0.3 is 57.9 Å². The molecule has 490 valence electrons. The van der Waals surface area contributed by atoms with Crippen LogP contribution in [0.4, 0.5) is 0 Å². The van der Waals surface area contributed by atoms with E-state index in [1.54, 1.807) is 75.3 Å². The van der Waals surface area contributed by atoms with E-state index in [-0.39, 0.29) is 29.3 Å². The number of H-pyrrole nitrogens is 1.